The van der Waals surface area contributed by atoms with Crippen molar-refractivity contribution in [2.45, 2.75) is 19.6 Å². The first-order chi connectivity index (χ1) is 11.6. The number of nitrogens with one attached hydrogen (secondary N) is 1. The van der Waals surface area contributed by atoms with Gasteiger partial charge in [-0.1, -0.05) is 46.3 Å². The van der Waals surface area contributed by atoms with Crippen molar-refractivity contribution in [3.8, 4) is 11.3 Å². The first-order valence-corrected chi connectivity index (χ1v) is 8.72. The Morgan fingerprint density at radius 2 is 1.88 bits per heavy atom. The zero-order valence-corrected chi connectivity index (χ0v) is 15.1. The second-order valence-electron chi connectivity index (χ2n) is 5.78. The molecule has 3 nitrogen and oxygen atoms in total. The summed E-state index contributed by atoms with van der Waals surface area (Å²) in [4.78, 5) is 0. The van der Waals surface area contributed by atoms with Crippen LogP contribution in [0.25, 0.3) is 11.3 Å². The first kappa shape index (κ1) is 17.0. The van der Waals surface area contributed by atoms with Crippen molar-refractivity contribution >= 4 is 15.9 Å². The molecule has 0 aliphatic carbocycles. The van der Waals surface area contributed by atoms with Crippen molar-refractivity contribution in [2.75, 3.05) is 6.54 Å². The van der Waals surface area contributed by atoms with Crippen molar-refractivity contribution in [2.24, 2.45) is 0 Å². The van der Waals surface area contributed by atoms with Crippen LogP contribution in [0, 0.1) is 6.92 Å². The summed E-state index contributed by atoms with van der Waals surface area (Å²) in [5.41, 5.74) is 3.17. The molecule has 0 aliphatic heterocycles. The van der Waals surface area contributed by atoms with E-state index in [1.165, 1.54) is 0 Å². The van der Waals surface area contributed by atoms with Gasteiger partial charge in [-0.05, 0) is 48.4 Å². The molecule has 0 saturated heterocycles. The van der Waals surface area contributed by atoms with Gasteiger partial charge < -0.3 is 14.8 Å². The van der Waals surface area contributed by atoms with Crippen LogP contribution in [0.2, 0.25) is 0 Å². The maximum Gasteiger partial charge on any atom is 0.134 e. The number of aliphatic hydroxyl groups is 1. The lowest BCUT2D eigenvalue weighted by molar-refractivity contribution is 0.173. The zero-order chi connectivity index (χ0) is 16.9. The number of hydrogen-bond donors (Lipinski definition) is 2. The van der Waals surface area contributed by atoms with Crippen molar-refractivity contribution in [1.82, 2.24) is 5.32 Å². The lowest BCUT2D eigenvalue weighted by Gasteiger charge is -2.11. The zero-order valence-electron chi connectivity index (χ0n) is 13.5. The third-order valence-corrected chi connectivity index (χ3v) is 4.43. The van der Waals surface area contributed by atoms with Gasteiger partial charge in [0.25, 0.3) is 0 Å². The summed E-state index contributed by atoms with van der Waals surface area (Å²) >= 11 is 3.48. The topological polar surface area (TPSA) is 45.4 Å². The van der Waals surface area contributed by atoms with E-state index in [9.17, 15) is 5.11 Å². The Labute approximate surface area is 150 Å². The van der Waals surface area contributed by atoms with E-state index in [4.69, 9.17) is 4.42 Å². The summed E-state index contributed by atoms with van der Waals surface area (Å²) in [5.74, 6) is 1.72. The third-order valence-electron chi connectivity index (χ3n) is 3.94. The molecule has 0 amide bonds. The maximum atomic E-state index is 10.1. The van der Waals surface area contributed by atoms with Gasteiger partial charge in [-0.2, -0.15) is 0 Å². The van der Waals surface area contributed by atoms with Crippen LogP contribution in [0.1, 0.15) is 23.0 Å². The van der Waals surface area contributed by atoms with E-state index >= 15 is 0 Å². The first-order valence-electron chi connectivity index (χ1n) is 7.92. The largest absolute Gasteiger partial charge is 0.460 e. The van der Waals surface area contributed by atoms with Crippen LogP contribution < -0.4 is 5.32 Å². The summed E-state index contributed by atoms with van der Waals surface area (Å²) < 4.78 is 6.98. The van der Waals surface area contributed by atoms with Crippen LogP contribution in [0.15, 0.2) is 69.6 Å². The molecule has 0 saturated carbocycles. The van der Waals surface area contributed by atoms with Crippen molar-refractivity contribution in [1.29, 1.82) is 0 Å². The number of rotatable bonds is 6. The highest BCUT2D eigenvalue weighted by atomic mass is 79.9. The molecule has 3 aromatic rings. The molecule has 0 fully saturated rings. The predicted molar refractivity (Wildman–Crippen MR) is 99.7 cm³/mol. The quantitative estimate of drug-likeness (QED) is 0.637. The molecule has 0 bridgehead atoms. The molecule has 4 heteroatoms. The Kier molecular flexibility index (Phi) is 5.51. The Balaban J connectivity index is 1.58. The van der Waals surface area contributed by atoms with Gasteiger partial charge in [0.15, 0.2) is 0 Å². The minimum absolute atomic E-state index is 0.483. The highest BCUT2D eigenvalue weighted by molar-refractivity contribution is 9.10. The second-order valence-corrected chi connectivity index (χ2v) is 6.70. The van der Waals surface area contributed by atoms with Gasteiger partial charge >= 0.3 is 0 Å². The molecule has 2 N–H and O–H groups in total. The lowest BCUT2D eigenvalue weighted by atomic mass is 10.1. The van der Waals surface area contributed by atoms with Gasteiger partial charge in [-0.25, -0.2) is 0 Å². The SMILES string of the molecule is Cc1cc(Br)ccc1-c1ccc(CNC[C@H](O)c2ccccc2)o1. The van der Waals surface area contributed by atoms with E-state index in [0.29, 0.717) is 13.1 Å². The molecule has 0 spiro atoms. The number of aliphatic hydroxyl groups excluding tert-OH is 1. The molecule has 1 aromatic heterocycles. The van der Waals surface area contributed by atoms with Crippen LogP contribution in [0.3, 0.4) is 0 Å². The Morgan fingerprint density at radius 3 is 2.62 bits per heavy atom. The fourth-order valence-electron chi connectivity index (χ4n) is 2.65. The molecule has 0 aliphatic rings. The van der Waals surface area contributed by atoms with Gasteiger partial charge in [-0.15, -0.1) is 0 Å². The maximum absolute atomic E-state index is 10.1. The highest BCUT2D eigenvalue weighted by Crippen LogP contribution is 2.27. The monoisotopic (exact) mass is 385 g/mol. The van der Waals surface area contributed by atoms with Gasteiger partial charge in [0.05, 0.1) is 12.6 Å². The smallest absolute Gasteiger partial charge is 0.134 e. The Hall–Kier alpha value is -1.88. The minimum atomic E-state index is -0.519. The van der Waals surface area contributed by atoms with Crippen molar-refractivity contribution in [3.05, 3.63) is 82.0 Å². The molecular weight excluding hydrogens is 366 g/mol. The van der Waals surface area contributed by atoms with E-state index < -0.39 is 6.10 Å². The summed E-state index contributed by atoms with van der Waals surface area (Å²) in [6.07, 6.45) is -0.519. The van der Waals surface area contributed by atoms with Crippen molar-refractivity contribution in [3.63, 3.8) is 0 Å². The minimum Gasteiger partial charge on any atom is -0.460 e. The summed E-state index contributed by atoms with van der Waals surface area (Å²) in [6, 6.07) is 19.7. The van der Waals surface area contributed by atoms with Crippen LogP contribution >= 0.6 is 15.9 Å². The molecule has 3 rings (SSSR count). The molecule has 1 atom stereocenters. The number of hydrogen-bond acceptors (Lipinski definition) is 3. The number of furan rings is 1. The van der Waals surface area contributed by atoms with Gasteiger partial charge in [0.1, 0.15) is 11.5 Å². The van der Waals surface area contributed by atoms with E-state index in [-0.39, 0.29) is 0 Å². The van der Waals surface area contributed by atoms with E-state index in [2.05, 4.69) is 40.3 Å². The second kappa shape index (κ2) is 7.79. The summed E-state index contributed by atoms with van der Waals surface area (Å²) in [6.45, 7) is 3.13. The molecule has 1 heterocycles. The van der Waals surface area contributed by atoms with Gasteiger partial charge in [-0.3, -0.25) is 0 Å². The molecule has 24 heavy (non-hydrogen) atoms. The number of aryl methyl sites for hydroxylation is 1. The van der Waals surface area contributed by atoms with E-state index in [0.717, 1.165) is 32.7 Å². The molecule has 124 valence electrons. The number of benzene rings is 2. The highest BCUT2D eigenvalue weighted by Gasteiger charge is 2.09. The Morgan fingerprint density at radius 1 is 1.08 bits per heavy atom. The standard InChI is InChI=1S/C20H20BrNO2/c1-14-11-16(21)7-9-18(14)20-10-8-17(24-20)12-22-13-19(23)15-5-3-2-4-6-15/h2-11,19,22-23H,12-13H2,1H3/t19-/m0/s1. The molecular formula is C20H20BrNO2. The Bertz CT molecular complexity index is 798. The van der Waals surface area contributed by atoms with Crippen LogP contribution in [0.4, 0.5) is 0 Å². The van der Waals surface area contributed by atoms with Gasteiger partial charge in [0, 0.05) is 16.6 Å². The van der Waals surface area contributed by atoms with Crippen LogP contribution in [-0.2, 0) is 6.54 Å². The lowest BCUT2D eigenvalue weighted by Crippen LogP contribution is -2.20. The number of halogens is 1. The van der Waals surface area contributed by atoms with Crippen molar-refractivity contribution < 1.29 is 9.52 Å². The van der Waals surface area contributed by atoms with Gasteiger partial charge in [0.2, 0.25) is 0 Å². The molecule has 2 aromatic carbocycles. The summed E-state index contributed by atoms with van der Waals surface area (Å²) in [5, 5.41) is 13.4. The average molecular weight is 386 g/mol. The fraction of sp³-hybridized carbons (Fsp3) is 0.200. The predicted octanol–water partition coefficient (Wildman–Crippen LogP) is 4.84. The fourth-order valence-corrected chi connectivity index (χ4v) is 3.12. The molecule has 0 unspecified atom stereocenters. The van der Waals surface area contributed by atoms with Crippen LogP contribution in [-0.4, -0.2) is 11.7 Å². The third kappa shape index (κ3) is 4.15. The normalized spacial score (nSPS) is 12.3. The average Bonchev–Trinajstić information content (AvgIpc) is 3.04. The van der Waals surface area contributed by atoms with E-state index in [1.54, 1.807) is 0 Å². The molecule has 0 radical (unpaired) electrons. The summed E-state index contributed by atoms with van der Waals surface area (Å²) in [7, 11) is 0. The van der Waals surface area contributed by atoms with E-state index in [1.807, 2.05) is 48.5 Å². The van der Waals surface area contributed by atoms with Crippen LogP contribution in [0.5, 0.6) is 0 Å².